The zero-order valence-corrected chi connectivity index (χ0v) is 14.0. The summed E-state index contributed by atoms with van der Waals surface area (Å²) >= 11 is 0. The molecule has 2 heterocycles. The fourth-order valence-electron chi connectivity index (χ4n) is 2.97. The lowest BCUT2D eigenvalue weighted by Crippen LogP contribution is -2.67. The lowest BCUT2D eigenvalue weighted by Gasteiger charge is -2.46. The first-order valence-corrected chi connectivity index (χ1v) is 8.06. The number of aliphatic hydroxyl groups excluding tert-OH is 7. The minimum absolute atomic E-state index is 0.581. The van der Waals surface area contributed by atoms with Crippen molar-refractivity contribution in [3.63, 3.8) is 0 Å². The molecule has 0 unspecified atom stereocenters. The molecule has 0 aromatic rings. The van der Waals surface area contributed by atoms with E-state index in [1.807, 2.05) is 0 Å². The third-order valence-corrected chi connectivity index (χ3v) is 4.38. The Labute approximate surface area is 148 Å². The Kier molecular flexibility index (Phi) is 7.27. The molecule has 0 radical (unpaired) electrons. The van der Waals surface area contributed by atoms with E-state index in [0.29, 0.717) is 0 Å². The fourth-order valence-corrected chi connectivity index (χ4v) is 2.97. The van der Waals surface area contributed by atoms with Crippen LogP contribution >= 0.6 is 0 Å². The second kappa shape index (κ2) is 8.84. The van der Waals surface area contributed by atoms with Gasteiger partial charge in [-0.2, -0.15) is 0 Å². The standard InChI is InChI=1S/C14H25NO11/c1-4(18)15-7-10(21)8(19)5(2-16)25-14(7)26-12-9(20)6(3-17)24-13(23)11(12)22/h5-14,16-17,19-23H,2-3H2,1H3,(H,15,18)/t5-,6-,7-,8+,9+,10-,11-,12+,13-,14-/m1/s1. The molecule has 0 saturated carbocycles. The number of rotatable bonds is 5. The van der Waals surface area contributed by atoms with Gasteiger partial charge in [-0.15, -0.1) is 0 Å². The van der Waals surface area contributed by atoms with Gasteiger partial charge in [0.15, 0.2) is 12.6 Å². The average molecular weight is 383 g/mol. The molecule has 152 valence electrons. The Balaban J connectivity index is 2.22. The number of amides is 1. The number of nitrogens with one attached hydrogen (secondary N) is 1. The highest BCUT2D eigenvalue weighted by Crippen LogP contribution is 2.28. The van der Waals surface area contributed by atoms with Crippen molar-refractivity contribution in [3.8, 4) is 0 Å². The van der Waals surface area contributed by atoms with E-state index in [1.165, 1.54) is 0 Å². The number of carbonyl (C=O) groups is 1. The van der Waals surface area contributed by atoms with Crippen LogP contribution in [0, 0.1) is 0 Å². The van der Waals surface area contributed by atoms with Crippen molar-refractivity contribution in [2.45, 2.75) is 68.3 Å². The van der Waals surface area contributed by atoms with E-state index in [2.05, 4.69) is 5.32 Å². The first kappa shape index (κ1) is 21.4. The van der Waals surface area contributed by atoms with Gasteiger partial charge in [0.25, 0.3) is 0 Å². The molecule has 0 spiro atoms. The molecule has 0 aromatic heterocycles. The van der Waals surface area contributed by atoms with Crippen LogP contribution in [0.1, 0.15) is 6.92 Å². The highest BCUT2D eigenvalue weighted by molar-refractivity contribution is 5.73. The van der Waals surface area contributed by atoms with Crippen LogP contribution in [0.3, 0.4) is 0 Å². The molecule has 0 bridgehead atoms. The topological polar surface area (TPSA) is 198 Å². The van der Waals surface area contributed by atoms with E-state index in [1.54, 1.807) is 0 Å². The zero-order valence-electron chi connectivity index (χ0n) is 14.0. The quantitative estimate of drug-likeness (QED) is 0.226. The molecule has 12 heteroatoms. The summed E-state index contributed by atoms with van der Waals surface area (Å²) < 4.78 is 15.6. The second-order valence-electron chi connectivity index (χ2n) is 6.26. The maximum atomic E-state index is 11.4. The van der Waals surface area contributed by atoms with Crippen molar-refractivity contribution in [1.29, 1.82) is 0 Å². The van der Waals surface area contributed by atoms with Crippen molar-refractivity contribution in [1.82, 2.24) is 5.32 Å². The van der Waals surface area contributed by atoms with Crippen LogP contribution in [-0.4, -0.2) is 116 Å². The van der Waals surface area contributed by atoms with Gasteiger partial charge in [-0.25, -0.2) is 0 Å². The molecule has 2 aliphatic heterocycles. The van der Waals surface area contributed by atoms with E-state index in [4.69, 9.17) is 14.2 Å². The molecule has 26 heavy (non-hydrogen) atoms. The Morgan fingerprint density at radius 1 is 0.923 bits per heavy atom. The molecule has 2 saturated heterocycles. The van der Waals surface area contributed by atoms with Crippen molar-refractivity contribution in [3.05, 3.63) is 0 Å². The Morgan fingerprint density at radius 3 is 2.04 bits per heavy atom. The summed E-state index contributed by atoms with van der Waals surface area (Å²) in [4.78, 5) is 11.4. The van der Waals surface area contributed by atoms with E-state index in [-0.39, 0.29) is 0 Å². The summed E-state index contributed by atoms with van der Waals surface area (Å²) in [5.41, 5.74) is 0. The molecule has 1 amide bonds. The molecule has 2 aliphatic rings. The Hall–Kier alpha value is -0.930. The average Bonchev–Trinajstić information content (AvgIpc) is 2.60. The van der Waals surface area contributed by atoms with Crippen LogP contribution in [0.2, 0.25) is 0 Å². The zero-order chi connectivity index (χ0) is 19.6. The first-order valence-electron chi connectivity index (χ1n) is 8.06. The molecule has 0 aromatic carbocycles. The van der Waals surface area contributed by atoms with Gasteiger partial charge < -0.3 is 55.3 Å². The number of ether oxygens (including phenoxy) is 3. The van der Waals surface area contributed by atoms with Crippen LogP contribution < -0.4 is 5.32 Å². The monoisotopic (exact) mass is 383 g/mol. The van der Waals surface area contributed by atoms with Gasteiger partial charge in [0.1, 0.15) is 48.8 Å². The summed E-state index contributed by atoms with van der Waals surface area (Å²) in [6.45, 7) is -0.199. The van der Waals surface area contributed by atoms with Crippen LogP contribution in [0.25, 0.3) is 0 Å². The summed E-state index contributed by atoms with van der Waals surface area (Å²) in [6, 6.07) is -1.29. The predicted octanol–water partition coefficient (Wildman–Crippen LogP) is -5.25. The molecular formula is C14H25NO11. The van der Waals surface area contributed by atoms with Gasteiger partial charge in [-0.1, -0.05) is 0 Å². The SMILES string of the molecule is CC(=O)N[C@H]1[C@@H](O[C@@H]2[C@@H](O)[C@H](O)O[C@H](CO)[C@@H]2O)O[C@H](CO)[C@H](O)[C@@H]1O. The molecule has 10 atom stereocenters. The minimum atomic E-state index is -1.77. The lowest BCUT2D eigenvalue weighted by atomic mass is 9.95. The van der Waals surface area contributed by atoms with Gasteiger partial charge in [0.05, 0.1) is 13.2 Å². The highest BCUT2D eigenvalue weighted by Gasteiger charge is 2.50. The molecular weight excluding hydrogens is 358 g/mol. The smallest absolute Gasteiger partial charge is 0.217 e. The number of carbonyl (C=O) groups excluding carboxylic acids is 1. The molecule has 2 fully saturated rings. The highest BCUT2D eigenvalue weighted by atomic mass is 16.7. The second-order valence-corrected chi connectivity index (χ2v) is 6.26. The summed E-state index contributed by atoms with van der Waals surface area (Å²) in [6.07, 6.45) is -13.7. The van der Waals surface area contributed by atoms with Crippen molar-refractivity contribution in [2.24, 2.45) is 0 Å². The predicted molar refractivity (Wildman–Crippen MR) is 80.2 cm³/mol. The van der Waals surface area contributed by atoms with Gasteiger partial charge >= 0.3 is 0 Å². The Bertz CT molecular complexity index is 480. The maximum Gasteiger partial charge on any atom is 0.217 e. The van der Waals surface area contributed by atoms with E-state index in [9.17, 15) is 40.5 Å². The van der Waals surface area contributed by atoms with Crippen molar-refractivity contribution < 1.29 is 54.8 Å². The summed E-state index contributed by atoms with van der Waals surface area (Å²) in [5, 5.41) is 70.8. The van der Waals surface area contributed by atoms with Gasteiger partial charge in [-0.05, 0) is 0 Å². The van der Waals surface area contributed by atoms with Crippen molar-refractivity contribution in [2.75, 3.05) is 13.2 Å². The van der Waals surface area contributed by atoms with Crippen molar-refractivity contribution >= 4 is 5.91 Å². The van der Waals surface area contributed by atoms with E-state index < -0.39 is 80.5 Å². The fraction of sp³-hybridized carbons (Fsp3) is 0.929. The molecule has 12 nitrogen and oxygen atoms in total. The van der Waals surface area contributed by atoms with Gasteiger partial charge in [-0.3, -0.25) is 4.79 Å². The third-order valence-electron chi connectivity index (χ3n) is 4.38. The van der Waals surface area contributed by atoms with E-state index in [0.717, 1.165) is 6.92 Å². The minimum Gasteiger partial charge on any atom is -0.394 e. The lowest BCUT2D eigenvalue weighted by molar-refractivity contribution is -0.341. The van der Waals surface area contributed by atoms with Crippen LogP contribution in [0.5, 0.6) is 0 Å². The normalized spacial score (nSPS) is 46.8. The van der Waals surface area contributed by atoms with Crippen LogP contribution in [-0.2, 0) is 19.0 Å². The summed E-state index contributed by atoms with van der Waals surface area (Å²) in [7, 11) is 0. The molecule has 0 aliphatic carbocycles. The largest absolute Gasteiger partial charge is 0.394 e. The van der Waals surface area contributed by atoms with E-state index >= 15 is 0 Å². The number of aliphatic hydroxyl groups is 7. The maximum absolute atomic E-state index is 11.4. The third kappa shape index (κ3) is 4.31. The first-order chi connectivity index (χ1) is 12.2. The molecule has 8 N–H and O–H groups in total. The Morgan fingerprint density at radius 2 is 1.50 bits per heavy atom. The van der Waals surface area contributed by atoms with Gasteiger partial charge in [0.2, 0.25) is 5.91 Å². The molecule has 2 rings (SSSR count). The van der Waals surface area contributed by atoms with Crippen LogP contribution in [0.15, 0.2) is 0 Å². The van der Waals surface area contributed by atoms with Gasteiger partial charge in [0, 0.05) is 6.92 Å². The number of hydrogen-bond acceptors (Lipinski definition) is 11. The number of hydrogen-bond donors (Lipinski definition) is 8. The van der Waals surface area contributed by atoms with Crippen LogP contribution in [0.4, 0.5) is 0 Å². The summed E-state index contributed by atoms with van der Waals surface area (Å²) in [5.74, 6) is -0.581.